The zero-order valence-corrected chi connectivity index (χ0v) is 29.3. The van der Waals surface area contributed by atoms with Crippen molar-refractivity contribution in [2.75, 3.05) is 24.7 Å². The van der Waals surface area contributed by atoms with Gasteiger partial charge in [-0.05, 0) is 73.9 Å². The van der Waals surface area contributed by atoms with E-state index in [-0.39, 0.29) is 36.8 Å². The highest BCUT2D eigenvalue weighted by molar-refractivity contribution is 7.55. The summed E-state index contributed by atoms with van der Waals surface area (Å²) in [6.07, 6.45) is -4.94. The summed E-state index contributed by atoms with van der Waals surface area (Å²) in [7, 11) is -3.99. The van der Waals surface area contributed by atoms with Crippen molar-refractivity contribution in [2.45, 2.75) is 105 Å². The Morgan fingerprint density at radius 2 is 1.61 bits per heavy atom. The van der Waals surface area contributed by atoms with E-state index in [2.05, 4.69) is 15.0 Å². The van der Waals surface area contributed by atoms with Crippen LogP contribution in [-0.2, 0) is 37.4 Å². The number of rotatable bonds is 11. The summed E-state index contributed by atoms with van der Waals surface area (Å²) in [6, 6.07) is 0. The van der Waals surface area contributed by atoms with Crippen molar-refractivity contribution >= 4 is 54.1 Å². The topological polar surface area (TPSA) is 170 Å². The molecule has 1 aliphatic heterocycles. The Kier molecular flexibility index (Phi) is 11.9. The standard InChI is InChI=1S/C28H42ClFN5O10P/c1-11-41-46(39,42-12-2)23(16(4)36)40-13-17-15(3)18(30)22(43-17)34-14-31-19-20(34)32-24(29)33-21(19)35(25(37)44-27(5,6)7)26(38)45-28(8,9)10/h14-15,17-18,22-23H,11-13H2,1-10H3/t15-,17-,18+,22-,23+/m1/s1. The Balaban J connectivity index is 1.98. The van der Waals surface area contributed by atoms with Crippen molar-refractivity contribution in [3.8, 4) is 0 Å². The number of fused-ring (bicyclic) bond motifs is 1. The summed E-state index contributed by atoms with van der Waals surface area (Å²) in [6.45, 7) is 15.3. The summed E-state index contributed by atoms with van der Waals surface area (Å²) in [5.74, 6) is -3.28. The Morgan fingerprint density at radius 3 is 2.09 bits per heavy atom. The van der Waals surface area contributed by atoms with Gasteiger partial charge < -0.3 is 28.0 Å². The molecule has 0 aromatic carbocycles. The van der Waals surface area contributed by atoms with Gasteiger partial charge in [0.15, 0.2) is 35.2 Å². The molecule has 0 unspecified atom stereocenters. The largest absolute Gasteiger partial charge is 0.443 e. The summed E-state index contributed by atoms with van der Waals surface area (Å²) < 4.78 is 63.5. The van der Waals surface area contributed by atoms with Crippen LogP contribution in [0.4, 0.5) is 19.8 Å². The van der Waals surface area contributed by atoms with Crippen molar-refractivity contribution in [3.63, 3.8) is 0 Å². The number of carbonyl (C=O) groups excluding carboxylic acids is 3. The van der Waals surface area contributed by atoms with Gasteiger partial charge in [-0.1, -0.05) is 6.92 Å². The van der Waals surface area contributed by atoms with E-state index in [9.17, 15) is 18.9 Å². The molecule has 0 aliphatic carbocycles. The Bertz CT molecular complexity index is 1440. The van der Waals surface area contributed by atoms with Crippen LogP contribution in [0.5, 0.6) is 0 Å². The lowest BCUT2D eigenvalue weighted by atomic mass is 10.0. The average Bonchev–Trinajstić information content (AvgIpc) is 3.42. The first-order chi connectivity index (χ1) is 21.2. The van der Waals surface area contributed by atoms with Gasteiger partial charge in [0.1, 0.15) is 11.2 Å². The molecule has 2 amide bonds. The molecule has 0 spiro atoms. The lowest BCUT2D eigenvalue weighted by Crippen LogP contribution is -2.44. The average molecular weight is 694 g/mol. The third kappa shape index (κ3) is 8.78. The Hall–Kier alpha value is -2.75. The second-order valence-corrected chi connectivity index (χ2v) is 14.9. The smallest absolute Gasteiger partial charge is 0.425 e. The van der Waals surface area contributed by atoms with E-state index in [0.29, 0.717) is 4.90 Å². The lowest BCUT2D eigenvalue weighted by molar-refractivity contribution is -0.128. The summed E-state index contributed by atoms with van der Waals surface area (Å²) in [4.78, 5) is 52.0. The summed E-state index contributed by atoms with van der Waals surface area (Å²) in [5.41, 5.74) is -2.17. The molecular weight excluding hydrogens is 652 g/mol. The maximum atomic E-state index is 15.8. The van der Waals surface area contributed by atoms with Crippen molar-refractivity contribution in [1.29, 1.82) is 0 Å². The number of ether oxygens (including phenoxy) is 4. The van der Waals surface area contributed by atoms with Crippen LogP contribution in [-0.4, -0.2) is 86.6 Å². The van der Waals surface area contributed by atoms with Gasteiger partial charge in [0.2, 0.25) is 11.1 Å². The Labute approximate surface area is 271 Å². The summed E-state index contributed by atoms with van der Waals surface area (Å²) in [5, 5.41) is -0.394. The molecule has 0 bridgehead atoms. The number of alkyl halides is 1. The molecule has 1 saturated heterocycles. The van der Waals surface area contributed by atoms with Crippen LogP contribution in [0.1, 0.15) is 75.5 Å². The monoisotopic (exact) mass is 693 g/mol. The third-order valence-electron chi connectivity index (χ3n) is 6.36. The molecule has 2 aromatic heterocycles. The molecule has 46 heavy (non-hydrogen) atoms. The Morgan fingerprint density at radius 1 is 1.07 bits per heavy atom. The molecule has 0 N–H and O–H groups in total. The van der Waals surface area contributed by atoms with Gasteiger partial charge in [-0.2, -0.15) is 14.9 Å². The van der Waals surface area contributed by atoms with Crippen LogP contribution in [0, 0.1) is 5.92 Å². The quantitative estimate of drug-likeness (QED) is 0.192. The molecule has 0 saturated carbocycles. The van der Waals surface area contributed by atoms with Crippen LogP contribution in [0.15, 0.2) is 6.33 Å². The van der Waals surface area contributed by atoms with Gasteiger partial charge in [-0.3, -0.25) is 13.9 Å². The van der Waals surface area contributed by atoms with E-state index in [1.807, 2.05) is 0 Å². The fourth-order valence-corrected chi connectivity index (χ4v) is 6.42. The predicted octanol–water partition coefficient (Wildman–Crippen LogP) is 6.23. The first-order valence-electron chi connectivity index (χ1n) is 14.7. The maximum Gasteiger partial charge on any atom is 0.425 e. The second kappa shape index (κ2) is 14.6. The van der Waals surface area contributed by atoms with E-state index >= 15 is 4.39 Å². The molecule has 1 fully saturated rings. The second-order valence-electron chi connectivity index (χ2n) is 12.5. The van der Waals surface area contributed by atoms with Gasteiger partial charge in [-0.25, -0.2) is 19.0 Å². The lowest BCUT2D eigenvalue weighted by Gasteiger charge is -2.28. The van der Waals surface area contributed by atoms with Gasteiger partial charge in [0.25, 0.3) is 0 Å². The van der Waals surface area contributed by atoms with Crippen LogP contribution in [0.3, 0.4) is 0 Å². The van der Waals surface area contributed by atoms with Crippen molar-refractivity contribution in [2.24, 2.45) is 5.92 Å². The zero-order chi connectivity index (χ0) is 34.8. The highest BCUT2D eigenvalue weighted by Gasteiger charge is 2.47. The molecule has 258 valence electrons. The first kappa shape index (κ1) is 37.7. The predicted molar refractivity (Wildman–Crippen MR) is 165 cm³/mol. The molecule has 5 atom stereocenters. The number of ketones is 1. The minimum Gasteiger partial charge on any atom is -0.443 e. The number of imidazole rings is 1. The number of hydrogen-bond donors (Lipinski definition) is 0. The SMILES string of the molecule is CCOP(=O)(OCC)[C@H](OC[C@H]1O[C@@H](n2cnc3c(N(C(=O)OC(C)(C)C)C(=O)OC(C)(C)C)nc(Cl)nc32)[C@@H](F)[C@@H]1C)C(C)=O. The van der Waals surface area contributed by atoms with Crippen LogP contribution in [0.2, 0.25) is 5.28 Å². The number of nitrogens with zero attached hydrogens (tertiary/aromatic N) is 5. The maximum absolute atomic E-state index is 15.8. The fourth-order valence-electron chi connectivity index (χ4n) is 4.48. The van der Waals surface area contributed by atoms with Crippen LogP contribution in [0.25, 0.3) is 11.2 Å². The summed E-state index contributed by atoms with van der Waals surface area (Å²) >= 11 is 6.25. The third-order valence-corrected chi connectivity index (χ3v) is 8.85. The van der Waals surface area contributed by atoms with E-state index in [0.717, 1.165) is 0 Å². The van der Waals surface area contributed by atoms with E-state index in [1.165, 1.54) is 17.8 Å². The molecular formula is C28H42ClFN5O10P. The fraction of sp³-hybridized carbons (Fsp3) is 0.714. The number of anilines is 1. The van der Waals surface area contributed by atoms with Gasteiger partial charge in [-0.15, -0.1) is 0 Å². The van der Waals surface area contributed by atoms with Crippen molar-refractivity contribution in [1.82, 2.24) is 19.5 Å². The minimum absolute atomic E-state index is 0.00870. The van der Waals surface area contributed by atoms with Gasteiger partial charge in [0, 0.05) is 5.92 Å². The molecule has 3 rings (SSSR count). The number of amides is 2. The van der Waals surface area contributed by atoms with E-state index in [4.69, 9.17) is 39.6 Å². The molecule has 3 heterocycles. The van der Waals surface area contributed by atoms with Crippen LogP contribution < -0.4 is 4.90 Å². The first-order valence-corrected chi connectivity index (χ1v) is 16.7. The van der Waals surface area contributed by atoms with E-state index < -0.39 is 72.3 Å². The molecule has 2 aromatic rings. The van der Waals surface area contributed by atoms with Crippen molar-refractivity contribution in [3.05, 3.63) is 11.6 Å². The highest BCUT2D eigenvalue weighted by Crippen LogP contribution is 2.54. The van der Waals surface area contributed by atoms with Gasteiger partial charge in [0.05, 0.1) is 32.3 Å². The number of imide groups is 1. The number of hydrogen-bond acceptors (Lipinski definition) is 13. The van der Waals surface area contributed by atoms with Crippen LogP contribution >= 0.6 is 19.2 Å². The normalized spacial score (nSPS) is 21.3. The van der Waals surface area contributed by atoms with Gasteiger partial charge >= 0.3 is 19.8 Å². The number of halogens is 2. The van der Waals surface area contributed by atoms with Crippen molar-refractivity contribution < 1.29 is 51.3 Å². The molecule has 18 heteroatoms. The number of carbonyl (C=O) groups is 3. The molecule has 0 radical (unpaired) electrons. The highest BCUT2D eigenvalue weighted by atomic mass is 35.5. The number of Topliss-reactive ketones (excluding diaryl/α,β-unsaturated/α-hetero) is 1. The molecule has 1 aliphatic rings. The zero-order valence-electron chi connectivity index (χ0n) is 27.6. The number of aromatic nitrogens is 4. The van der Waals surface area contributed by atoms with E-state index in [1.54, 1.807) is 62.3 Å². The minimum atomic E-state index is -3.99. The molecule has 15 nitrogen and oxygen atoms in total.